The van der Waals surface area contributed by atoms with Crippen LogP contribution in [0.1, 0.15) is 35.4 Å². The molecule has 1 aliphatic rings. The van der Waals surface area contributed by atoms with E-state index in [-0.39, 0.29) is 17.9 Å². The molecule has 2 aromatic carbocycles. The topological polar surface area (TPSA) is 70.8 Å². The summed E-state index contributed by atoms with van der Waals surface area (Å²) in [5.41, 5.74) is 2.51. The van der Waals surface area contributed by atoms with Crippen LogP contribution in [0.25, 0.3) is 5.76 Å². The second kappa shape index (κ2) is 7.80. The minimum Gasteiger partial charge on any atom is -0.507 e. The number of rotatable bonds is 5. The van der Waals surface area contributed by atoms with E-state index in [2.05, 4.69) is 6.92 Å². The van der Waals surface area contributed by atoms with E-state index in [9.17, 15) is 14.7 Å². The zero-order chi connectivity index (χ0) is 20.4. The monoisotopic (exact) mass is 387 g/mol. The maximum atomic E-state index is 12.9. The Morgan fingerprint density at radius 3 is 2.34 bits per heavy atom. The number of furan rings is 1. The summed E-state index contributed by atoms with van der Waals surface area (Å²) in [4.78, 5) is 27.3. The van der Waals surface area contributed by atoms with Gasteiger partial charge >= 0.3 is 0 Å². The number of hydrogen-bond acceptors (Lipinski definition) is 4. The minimum atomic E-state index is -0.692. The van der Waals surface area contributed by atoms with Gasteiger partial charge in [0.05, 0.1) is 24.4 Å². The molecule has 1 fully saturated rings. The maximum absolute atomic E-state index is 12.9. The van der Waals surface area contributed by atoms with Crippen molar-refractivity contribution in [2.75, 3.05) is 0 Å². The molecule has 1 aromatic heterocycles. The Labute approximate surface area is 168 Å². The summed E-state index contributed by atoms with van der Waals surface area (Å²) in [6, 6.07) is 19.4. The number of ketones is 1. The van der Waals surface area contributed by atoms with E-state index in [4.69, 9.17) is 4.42 Å². The molecule has 5 nitrogen and oxygen atoms in total. The lowest BCUT2D eigenvalue weighted by molar-refractivity contribution is -0.140. The molecule has 0 radical (unpaired) electrons. The second-order valence-corrected chi connectivity index (χ2v) is 6.97. The number of benzene rings is 2. The Hall–Kier alpha value is -3.60. The van der Waals surface area contributed by atoms with Gasteiger partial charge in [0, 0.05) is 5.56 Å². The predicted octanol–water partition coefficient (Wildman–Crippen LogP) is 4.46. The Balaban J connectivity index is 1.85. The van der Waals surface area contributed by atoms with Crippen LogP contribution in [0.4, 0.5) is 0 Å². The quantitative estimate of drug-likeness (QED) is 0.398. The molecule has 0 unspecified atom stereocenters. The third-order valence-corrected chi connectivity index (χ3v) is 5.20. The van der Waals surface area contributed by atoms with Crippen LogP contribution in [0.5, 0.6) is 0 Å². The second-order valence-electron chi connectivity index (χ2n) is 6.97. The summed E-state index contributed by atoms with van der Waals surface area (Å²) in [5.74, 6) is -0.942. The first-order valence-electron chi connectivity index (χ1n) is 9.55. The molecule has 0 aliphatic carbocycles. The van der Waals surface area contributed by atoms with Crippen molar-refractivity contribution < 1.29 is 19.1 Å². The third-order valence-electron chi connectivity index (χ3n) is 5.20. The van der Waals surface area contributed by atoms with Crippen molar-refractivity contribution in [3.8, 4) is 0 Å². The van der Waals surface area contributed by atoms with E-state index in [0.717, 1.165) is 17.5 Å². The molecule has 0 saturated carbocycles. The summed E-state index contributed by atoms with van der Waals surface area (Å²) in [5, 5.41) is 10.9. The maximum Gasteiger partial charge on any atom is 0.296 e. The summed E-state index contributed by atoms with van der Waals surface area (Å²) < 4.78 is 5.40. The zero-order valence-electron chi connectivity index (χ0n) is 16.0. The van der Waals surface area contributed by atoms with Crippen molar-refractivity contribution in [1.29, 1.82) is 0 Å². The Kier molecular flexibility index (Phi) is 5.04. The number of amides is 1. The number of hydrogen-bond donors (Lipinski definition) is 1. The molecule has 4 rings (SSSR count). The highest BCUT2D eigenvalue weighted by molar-refractivity contribution is 6.46. The van der Waals surface area contributed by atoms with Gasteiger partial charge in [-0.25, -0.2) is 0 Å². The highest BCUT2D eigenvalue weighted by Crippen LogP contribution is 2.40. The summed E-state index contributed by atoms with van der Waals surface area (Å²) in [6.45, 7) is 2.21. The lowest BCUT2D eigenvalue weighted by atomic mass is 9.94. The van der Waals surface area contributed by atoms with Gasteiger partial charge in [0.1, 0.15) is 11.5 Å². The predicted molar refractivity (Wildman–Crippen MR) is 109 cm³/mol. The molecule has 146 valence electrons. The van der Waals surface area contributed by atoms with Crippen molar-refractivity contribution in [1.82, 2.24) is 4.90 Å². The van der Waals surface area contributed by atoms with Gasteiger partial charge in [-0.3, -0.25) is 9.59 Å². The van der Waals surface area contributed by atoms with Crippen molar-refractivity contribution >= 4 is 17.4 Å². The van der Waals surface area contributed by atoms with Gasteiger partial charge in [-0.1, -0.05) is 61.5 Å². The summed E-state index contributed by atoms with van der Waals surface area (Å²) in [6.07, 6.45) is 2.41. The highest BCUT2D eigenvalue weighted by atomic mass is 16.3. The molecule has 29 heavy (non-hydrogen) atoms. The molecule has 3 aromatic rings. The first kappa shape index (κ1) is 18.7. The smallest absolute Gasteiger partial charge is 0.296 e. The summed E-state index contributed by atoms with van der Waals surface area (Å²) >= 11 is 0. The van der Waals surface area contributed by atoms with E-state index in [1.807, 2.05) is 30.3 Å². The number of aliphatic hydroxyl groups excluding tert-OH is 1. The van der Waals surface area contributed by atoms with Crippen molar-refractivity contribution in [3.63, 3.8) is 0 Å². The van der Waals surface area contributed by atoms with Crippen LogP contribution in [0.15, 0.2) is 83.0 Å². The molecule has 5 heteroatoms. The van der Waals surface area contributed by atoms with Crippen LogP contribution in [-0.2, 0) is 22.6 Å². The van der Waals surface area contributed by atoms with Gasteiger partial charge in [-0.15, -0.1) is 0 Å². The number of aryl methyl sites for hydroxylation is 1. The largest absolute Gasteiger partial charge is 0.507 e. The fraction of sp³-hybridized carbons (Fsp3) is 0.167. The van der Waals surface area contributed by atoms with Crippen LogP contribution in [0.3, 0.4) is 0 Å². The molecule has 1 amide bonds. The third kappa shape index (κ3) is 3.47. The fourth-order valence-corrected chi connectivity index (χ4v) is 3.65. The number of aliphatic hydroxyl groups is 1. The van der Waals surface area contributed by atoms with Gasteiger partial charge in [0.2, 0.25) is 0 Å². The van der Waals surface area contributed by atoms with Gasteiger partial charge in [-0.05, 0) is 29.7 Å². The average Bonchev–Trinajstić information content (AvgIpc) is 3.36. The SMILES string of the molecule is CCc1ccc([C@H]2/C(=C(\O)c3ccccc3)C(=O)C(=O)N2Cc2ccco2)cc1. The molecule has 1 saturated heterocycles. The molecular weight excluding hydrogens is 366 g/mol. The molecule has 2 heterocycles. The average molecular weight is 387 g/mol. The van der Waals surface area contributed by atoms with E-state index >= 15 is 0 Å². The van der Waals surface area contributed by atoms with Crippen molar-refractivity contribution in [3.05, 3.63) is 101 Å². The lowest BCUT2D eigenvalue weighted by Crippen LogP contribution is -2.29. The van der Waals surface area contributed by atoms with Crippen molar-refractivity contribution in [2.45, 2.75) is 25.9 Å². The van der Waals surface area contributed by atoms with Gasteiger partial charge in [0.25, 0.3) is 11.7 Å². The van der Waals surface area contributed by atoms with E-state index in [1.165, 1.54) is 11.2 Å². The molecule has 1 atom stereocenters. The van der Waals surface area contributed by atoms with E-state index in [0.29, 0.717) is 11.3 Å². The number of Topliss-reactive ketones (excluding diaryl/α,β-unsaturated/α-hetero) is 1. The van der Waals surface area contributed by atoms with Crippen LogP contribution < -0.4 is 0 Å². The van der Waals surface area contributed by atoms with E-state index < -0.39 is 17.7 Å². The first-order chi connectivity index (χ1) is 14.1. The normalized spacial score (nSPS) is 18.4. The first-order valence-corrected chi connectivity index (χ1v) is 9.55. The number of carbonyl (C=O) groups is 2. The highest BCUT2D eigenvalue weighted by Gasteiger charge is 2.46. The molecule has 1 aliphatic heterocycles. The van der Waals surface area contributed by atoms with Crippen LogP contribution in [0.2, 0.25) is 0 Å². The van der Waals surface area contributed by atoms with Gasteiger partial charge < -0.3 is 14.4 Å². The summed E-state index contributed by atoms with van der Waals surface area (Å²) in [7, 11) is 0. The van der Waals surface area contributed by atoms with Crippen molar-refractivity contribution in [2.24, 2.45) is 0 Å². The molecule has 0 bridgehead atoms. The van der Waals surface area contributed by atoms with Gasteiger partial charge in [-0.2, -0.15) is 0 Å². The molecular formula is C24H21NO4. The Morgan fingerprint density at radius 2 is 1.72 bits per heavy atom. The van der Waals surface area contributed by atoms with Crippen LogP contribution in [0, 0.1) is 0 Å². The minimum absolute atomic E-state index is 0.0944. The number of likely N-dealkylation sites (tertiary alicyclic amines) is 1. The van der Waals surface area contributed by atoms with Crippen LogP contribution >= 0.6 is 0 Å². The van der Waals surface area contributed by atoms with Crippen LogP contribution in [-0.4, -0.2) is 21.7 Å². The lowest BCUT2D eigenvalue weighted by Gasteiger charge is -2.24. The number of nitrogens with zero attached hydrogens (tertiary/aromatic N) is 1. The zero-order valence-corrected chi connectivity index (χ0v) is 16.0. The molecule has 1 N–H and O–H groups in total. The van der Waals surface area contributed by atoms with E-state index in [1.54, 1.807) is 36.4 Å². The standard InChI is InChI=1S/C24H21NO4/c1-2-16-10-12-17(13-11-16)21-20(22(26)18-7-4-3-5-8-18)23(27)24(28)25(21)15-19-9-6-14-29-19/h3-14,21,26H,2,15H2,1H3/b22-20+/t21-/m0/s1. The molecule has 0 spiro atoms. The fourth-order valence-electron chi connectivity index (χ4n) is 3.65. The Bertz CT molecular complexity index is 1050. The Morgan fingerprint density at radius 1 is 1.00 bits per heavy atom. The van der Waals surface area contributed by atoms with Gasteiger partial charge in [0.15, 0.2) is 0 Å². The number of carbonyl (C=O) groups excluding carboxylic acids is 2.